The molecule has 26 heavy (non-hydrogen) atoms. The first-order chi connectivity index (χ1) is 12.6. The lowest BCUT2D eigenvalue weighted by Crippen LogP contribution is -2.32. The molecule has 2 heterocycles. The maximum absolute atomic E-state index is 12.5. The monoisotopic (exact) mass is 369 g/mol. The standard InChI is InChI=1S/C20H23N3O2S/c1-3-18-15(2)26-20(21-18)22-19(24)14-23(13-17-10-7-11-25-17)12-16-8-5-4-6-9-16/h4-11H,3,12-14H2,1-2H3,(H,21,22,24). The summed E-state index contributed by atoms with van der Waals surface area (Å²) in [6.45, 7) is 5.62. The predicted octanol–water partition coefficient (Wildman–Crippen LogP) is 4.25. The van der Waals surface area contributed by atoms with Gasteiger partial charge in [-0.1, -0.05) is 37.3 Å². The van der Waals surface area contributed by atoms with Gasteiger partial charge in [0.2, 0.25) is 5.91 Å². The Morgan fingerprint density at radius 1 is 1.19 bits per heavy atom. The molecule has 136 valence electrons. The summed E-state index contributed by atoms with van der Waals surface area (Å²) in [7, 11) is 0. The van der Waals surface area contributed by atoms with Crippen molar-refractivity contribution in [3.05, 3.63) is 70.6 Å². The van der Waals surface area contributed by atoms with Crippen molar-refractivity contribution in [2.75, 3.05) is 11.9 Å². The maximum Gasteiger partial charge on any atom is 0.240 e. The number of furan rings is 1. The van der Waals surface area contributed by atoms with E-state index in [1.807, 2.05) is 37.3 Å². The van der Waals surface area contributed by atoms with Gasteiger partial charge >= 0.3 is 0 Å². The SMILES string of the molecule is CCc1nc(NC(=O)CN(Cc2ccccc2)Cc2ccco2)sc1C. The summed E-state index contributed by atoms with van der Waals surface area (Å²) in [5.41, 5.74) is 2.20. The van der Waals surface area contributed by atoms with Gasteiger partial charge in [-0.2, -0.15) is 0 Å². The average molecular weight is 369 g/mol. The summed E-state index contributed by atoms with van der Waals surface area (Å²) in [6.07, 6.45) is 2.53. The molecule has 3 aromatic rings. The molecule has 1 N–H and O–H groups in total. The molecule has 0 atom stereocenters. The van der Waals surface area contributed by atoms with Crippen molar-refractivity contribution in [2.45, 2.75) is 33.4 Å². The van der Waals surface area contributed by atoms with E-state index in [9.17, 15) is 4.79 Å². The Morgan fingerprint density at radius 2 is 2.00 bits per heavy atom. The molecule has 0 aliphatic rings. The lowest BCUT2D eigenvalue weighted by Gasteiger charge is -2.20. The average Bonchev–Trinajstić information content (AvgIpc) is 3.25. The number of hydrogen-bond donors (Lipinski definition) is 1. The van der Waals surface area contributed by atoms with Crippen LogP contribution in [0.2, 0.25) is 0 Å². The van der Waals surface area contributed by atoms with Gasteiger partial charge < -0.3 is 9.73 Å². The van der Waals surface area contributed by atoms with E-state index in [1.165, 1.54) is 11.3 Å². The number of carbonyl (C=O) groups excluding carboxylic acids is 1. The van der Waals surface area contributed by atoms with Gasteiger partial charge in [0, 0.05) is 11.4 Å². The number of aromatic nitrogens is 1. The Morgan fingerprint density at radius 3 is 2.65 bits per heavy atom. The fourth-order valence-electron chi connectivity index (χ4n) is 2.80. The van der Waals surface area contributed by atoms with E-state index in [4.69, 9.17) is 4.42 Å². The first kappa shape index (κ1) is 18.4. The molecule has 0 spiro atoms. The first-order valence-electron chi connectivity index (χ1n) is 8.69. The molecule has 0 aliphatic heterocycles. The highest BCUT2D eigenvalue weighted by Crippen LogP contribution is 2.22. The van der Waals surface area contributed by atoms with Gasteiger partial charge in [0.05, 0.1) is 25.0 Å². The lowest BCUT2D eigenvalue weighted by molar-refractivity contribution is -0.117. The van der Waals surface area contributed by atoms with Gasteiger partial charge in [0.15, 0.2) is 5.13 Å². The fraction of sp³-hybridized carbons (Fsp3) is 0.300. The topological polar surface area (TPSA) is 58.4 Å². The highest BCUT2D eigenvalue weighted by molar-refractivity contribution is 7.15. The van der Waals surface area contributed by atoms with Crippen LogP contribution in [0.25, 0.3) is 0 Å². The van der Waals surface area contributed by atoms with Crippen LogP contribution in [0, 0.1) is 6.92 Å². The van der Waals surface area contributed by atoms with Crippen molar-refractivity contribution >= 4 is 22.4 Å². The number of thiazole rings is 1. The van der Waals surface area contributed by atoms with Crippen LogP contribution in [0.1, 0.15) is 28.8 Å². The zero-order valence-electron chi connectivity index (χ0n) is 15.1. The first-order valence-corrected chi connectivity index (χ1v) is 9.50. The van der Waals surface area contributed by atoms with Crippen LogP contribution >= 0.6 is 11.3 Å². The van der Waals surface area contributed by atoms with E-state index in [0.717, 1.165) is 28.3 Å². The molecular formula is C20H23N3O2S. The number of carbonyl (C=O) groups is 1. The van der Waals surface area contributed by atoms with E-state index in [0.29, 0.717) is 18.2 Å². The molecule has 0 saturated carbocycles. The number of amides is 1. The second-order valence-electron chi connectivity index (χ2n) is 6.13. The second kappa shape index (κ2) is 8.78. The number of hydrogen-bond acceptors (Lipinski definition) is 5. The Labute approximate surface area is 157 Å². The van der Waals surface area contributed by atoms with Crippen molar-refractivity contribution < 1.29 is 9.21 Å². The van der Waals surface area contributed by atoms with Crippen LogP contribution in [0.4, 0.5) is 5.13 Å². The summed E-state index contributed by atoms with van der Waals surface area (Å²) in [6, 6.07) is 13.9. The molecule has 6 heteroatoms. The van der Waals surface area contributed by atoms with Crippen LogP contribution < -0.4 is 5.32 Å². The minimum absolute atomic E-state index is 0.0658. The van der Waals surface area contributed by atoms with Gasteiger partial charge in [-0.25, -0.2) is 4.98 Å². The molecule has 0 fully saturated rings. The molecule has 5 nitrogen and oxygen atoms in total. The Bertz CT molecular complexity index is 828. The van der Waals surface area contributed by atoms with Gasteiger partial charge in [-0.15, -0.1) is 11.3 Å². The van der Waals surface area contributed by atoms with Crippen molar-refractivity contribution in [1.82, 2.24) is 9.88 Å². The summed E-state index contributed by atoms with van der Waals surface area (Å²) in [5.74, 6) is 0.774. The molecule has 3 rings (SSSR count). The quantitative estimate of drug-likeness (QED) is 0.645. The number of benzene rings is 1. The summed E-state index contributed by atoms with van der Waals surface area (Å²) < 4.78 is 5.45. The minimum atomic E-state index is -0.0658. The molecule has 1 aromatic carbocycles. The van der Waals surface area contributed by atoms with Crippen LogP contribution in [-0.2, 0) is 24.3 Å². The lowest BCUT2D eigenvalue weighted by atomic mass is 10.2. The van der Waals surface area contributed by atoms with Crippen molar-refractivity contribution in [1.29, 1.82) is 0 Å². The van der Waals surface area contributed by atoms with Crippen LogP contribution in [0.3, 0.4) is 0 Å². The number of rotatable bonds is 8. The smallest absolute Gasteiger partial charge is 0.240 e. The Balaban J connectivity index is 1.66. The van der Waals surface area contributed by atoms with Crippen LogP contribution in [0.5, 0.6) is 0 Å². The van der Waals surface area contributed by atoms with E-state index < -0.39 is 0 Å². The number of anilines is 1. The largest absolute Gasteiger partial charge is 0.468 e. The third kappa shape index (κ3) is 5.03. The minimum Gasteiger partial charge on any atom is -0.468 e. The number of nitrogens with zero attached hydrogens (tertiary/aromatic N) is 2. The van der Waals surface area contributed by atoms with Gasteiger partial charge in [-0.05, 0) is 31.0 Å². The van der Waals surface area contributed by atoms with Crippen molar-refractivity contribution in [3.8, 4) is 0 Å². The summed E-state index contributed by atoms with van der Waals surface area (Å²) >= 11 is 1.52. The van der Waals surface area contributed by atoms with E-state index >= 15 is 0 Å². The fourth-order valence-corrected chi connectivity index (χ4v) is 3.72. The second-order valence-corrected chi connectivity index (χ2v) is 7.34. The Kier molecular flexibility index (Phi) is 6.20. The molecule has 2 aromatic heterocycles. The molecule has 0 saturated heterocycles. The normalized spacial score (nSPS) is 11.0. The van der Waals surface area contributed by atoms with Crippen molar-refractivity contribution in [2.24, 2.45) is 0 Å². The number of aryl methyl sites for hydroxylation is 2. The summed E-state index contributed by atoms with van der Waals surface area (Å²) in [4.78, 5) is 20.2. The zero-order chi connectivity index (χ0) is 18.4. The molecule has 0 radical (unpaired) electrons. The third-order valence-electron chi connectivity index (χ3n) is 4.05. The van der Waals surface area contributed by atoms with E-state index in [1.54, 1.807) is 6.26 Å². The van der Waals surface area contributed by atoms with Gasteiger partial charge in [0.25, 0.3) is 0 Å². The molecule has 0 aliphatic carbocycles. The molecule has 0 bridgehead atoms. The summed E-state index contributed by atoms with van der Waals surface area (Å²) in [5, 5.41) is 3.60. The molecular weight excluding hydrogens is 346 g/mol. The highest BCUT2D eigenvalue weighted by Gasteiger charge is 2.15. The van der Waals surface area contributed by atoms with Crippen LogP contribution in [0.15, 0.2) is 53.1 Å². The van der Waals surface area contributed by atoms with E-state index in [2.05, 4.69) is 34.3 Å². The third-order valence-corrected chi connectivity index (χ3v) is 4.98. The van der Waals surface area contributed by atoms with Crippen molar-refractivity contribution in [3.63, 3.8) is 0 Å². The predicted molar refractivity (Wildman–Crippen MR) is 104 cm³/mol. The van der Waals surface area contributed by atoms with Crippen LogP contribution in [-0.4, -0.2) is 22.3 Å². The Hall–Kier alpha value is -2.44. The highest BCUT2D eigenvalue weighted by atomic mass is 32.1. The van der Waals surface area contributed by atoms with Gasteiger partial charge in [-0.3, -0.25) is 9.69 Å². The zero-order valence-corrected chi connectivity index (χ0v) is 15.9. The van der Waals surface area contributed by atoms with Gasteiger partial charge in [0.1, 0.15) is 5.76 Å². The molecule has 1 amide bonds. The number of nitrogens with one attached hydrogen (secondary N) is 1. The maximum atomic E-state index is 12.5. The molecule has 0 unspecified atom stereocenters. The van der Waals surface area contributed by atoms with E-state index in [-0.39, 0.29) is 12.5 Å².